The van der Waals surface area contributed by atoms with Crippen LogP contribution in [0.2, 0.25) is 0 Å². The normalized spacial score (nSPS) is 15.1. The second kappa shape index (κ2) is 10.2. The summed E-state index contributed by atoms with van der Waals surface area (Å²) in [5, 5.41) is 16.7. The number of carboxylic acids is 1. The van der Waals surface area contributed by atoms with E-state index in [0.29, 0.717) is 0 Å². The van der Waals surface area contributed by atoms with Crippen molar-refractivity contribution < 1.29 is 30.0 Å². The van der Waals surface area contributed by atoms with Crippen LogP contribution in [0.15, 0.2) is 79.0 Å². The van der Waals surface area contributed by atoms with E-state index in [-0.39, 0.29) is 20.1 Å². The fraction of sp³-hybridized carbons (Fsp3) is 0.148. The van der Waals surface area contributed by atoms with Gasteiger partial charge in [0, 0.05) is 37.4 Å². The van der Waals surface area contributed by atoms with Crippen molar-refractivity contribution in [2.24, 2.45) is 0 Å². The molecule has 1 aromatic heterocycles. The summed E-state index contributed by atoms with van der Waals surface area (Å²) in [6.45, 7) is 0.733. The molecule has 167 valence electrons. The van der Waals surface area contributed by atoms with Crippen molar-refractivity contribution >= 4 is 38.5 Å². The molecule has 6 heteroatoms. The van der Waals surface area contributed by atoms with E-state index in [0.717, 1.165) is 52.4 Å². The van der Waals surface area contributed by atoms with Gasteiger partial charge in [0.2, 0.25) is 0 Å². The first kappa shape index (κ1) is 23.0. The molecule has 2 heterocycles. The molecule has 0 aliphatic carbocycles. The summed E-state index contributed by atoms with van der Waals surface area (Å²) in [6.07, 6.45) is 3.53. The maximum atomic E-state index is 10.1. The molecule has 1 unspecified atom stereocenters. The van der Waals surface area contributed by atoms with Crippen molar-refractivity contribution in [1.82, 2.24) is 9.97 Å². The molecule has 1 radical (unpaired) electrons. The maximum absolute atomic E-state index is 10.1. The standard InChI is InChI=1S/C22H13N2.C5H8NO2.Ir/c1-2-8-15(9-3-1)20-14-23-21-18-12-6-4-10-16(18)17-11-5-7-13-19(17)22(21)24-20;7-5(8)4-2-1-3-6-4;/h1-11,13-14H;4H,1-3H2,(H,7,8);/q2*-1;. The number of fused-ring (bicyclic) bond motifs is 6. The van der Waals surface area contributed by atoms with Gasteiger partial charge in [0.05, 0.1) is 11.2 Å². The molecular formula is C27H21IrN3O2-2. The number of benzene rings is 4. The molecular weight excluding hydrogens is 591 g/mol. The Bertz CT molecular complexity index is 1380. The Morgan fingerprint density at radius 2 is 1.67 bits per heavy atom. The molecule has 1 atom stereocenters. The number of hydrogen-bond acceptors (Lipinski definition) is 3. The second-order valence-electron chi connectivity index (χ2n) is 7.73. The average molecular weight is 612 g/mol. The zero-order valence-corrected chi connectivity index (χ0v) is 20.1. The molecule has 5 aromatic rings. The van der Waals surface area contributed by atoms with Gasteiger partial charge < -0.3 is 15.4 Å². The van der Waals surface area contributed by atoms with Crippen LogP contribution in [-0.2, 0) is 24.9 Å². The summed E-state index contributed by atoms with van der Waals surface area (Å²) in [5.74, 6) is -0.775. The largest absolute Gasteiger partial charge is 0.650 e. The summed E-state index contributed by atoms with van der Waals surface area (Å²) >= 11 is 0. The topological polar surface area (TPSA) is 77.2 Å². The van der Waals surface area contributed by atoms with Crippen LogP contribution in [0.4, 0.5) is 0 Å². The van der Waals surface area contributed by atoms with E-state index >= 15 is 0 Å². The maximum Gasteiger partial charge on any atom is 0.285 e. The molecule has 0 bridgehead atoms. The molecule has 0 amide bonds. The van der Waals surface area contributed by atoms with E-state index in [1.54, 1.807) is 0 Å². The quantitative estimate of drug-likeness (QED) is 0.196. The first-order chi connectivity index (χ1) is 15.7. The third kappa shape index (κ3) is 4.64. The van der Waals surface area contributed by atoms with Crippen LogP contribution in [0.5, 0.6) is 0 Å². The van der Waals surface area contributed by atoms with Crippen molar-refractivity contribution in [3.8, 4) is 11.3 Å². The van der Waals surface area contributed by atoms with Crippen molar-refractivity contribution in [2.75, 3.05) is 6.54 Å². The van der Waals surface area contributed by atoms with E-state index in [4.69, 9.17) is 15.1 Å². The van der Waals surface area contributed by atoms with E-state index in [2.05, 4.69) is 53.8 Å². The summed E-state index contributed by atoms with van der Waals surface area (Å²) in [5.41, 5.74) is 3.81. The number of carboxylic acid groups (broad SMARTS) is 1. The molecule has 5 nitrogen and oxygen atoms in total. The van der Waals surface area contributed by atoms with Crippen molar-refractivity contribution in [3.05, 3.63) is 90.4 Å². The molecule has 1 fully saturated rings. The predicted molar refractivity (Wildman–Crippen MR) is 128 cm³/mol. The van der Waals surface area contributed by atoms with E-state index in [1.165, 1.54) is 10.8 Å². The number of nitrogens with zero attached hydrogens (tertiary/aromatic N) is 3. The zero-order chi connectivity index (χ0) is 21.9. The molecule has 6 rings (SSSR count). The Balaban J connectivity index is 0.000000247. The van der Waals surface area contributed by atoms with Gasteiger partial charge in [0.15, 0.2) is 0 Å². The van der Waals surface area contributed by atoms with Crippen LogP contribution in [-0.4, -0.2) is 33.6 Å². The van der Waals surface area contributed by atoms with E-state index in [1.807, 2.05) is 36.5 Å². The number of rotatable bonds is 2. The first-order valence-electron chi connectivity index (χ1n) is 10.6. The van der Waals surface area contributed by atoms with Gasteiger partial charge in [-0.15, -0.1) is 36.2 Å². The Morgan fingerprint density at radius 1 is 0.939 bits per heavy atom. The van der Waals surface area contributed by atoms with Crippen molar-refractivity contribution in [2.45, 2.75) is 18.9 Å². The third-order valence-electron chi connectivity index (χ3n) is 5.68. The Labute approximate surface area is 205 Å². The first-order valence-corrected chi connectivity index (χ1v) is 10.6. The number of aliphatic carboxylic acids is 1. The minimum atomic E-state index is -0.775. The van der Waals surface area contributed by atoms with Gasteiger partial charge in [-0.1, -0.05) is 78.2 Å². The van der Waals surface area contributed by atoms with Gasteiger partial charge in [-0.05, 0) is 11.4 Å². The Morgan fingerprint density at radius 3 is 2.36 bits per heavy atom. The van der Waals surface area contributed by atoms with Gasteiger partial charge in [0.25, 0.3) is 5.97 Å². The Kier molecular flexibility index (Phi) is 7.09. The summed E-state index contributed by atoms with van der Waals surface area (Å²) in [7, 11) is 0. The van der Waals surface area contributed by atoms with Gasteiger partial charge in [-0.3, -0.25) is 9.78 Å². The van der Waals surface area contributed by atoms with E-state index < -0.39 is 12.0 Å². The average Bonchev–Trinajstić information content (AvgIpc) is 3.41. The monoisotopic (exact) mass is 612 g/mol. The summed E-state index contributed by atoms with van der Waals surface area (Å²) in [4.78, 5) is 19.8. The van der Waals surface area contributed by atoms with Crippen LogP contribution in [0.3, 0.4) is 0 Å². The van der Waals surface area contributed by atoms with Crippen molar-refractivity contribution in [1.29, 1.82) is 0 Å². The molecule has 33 heavy (non-hydrogen) atoms. The SMILES string of the molecule is O=C(O)C1CCC[N-]1.[Ir].[c-]1cccc2c1c1ncc(-c3ccccc3)nc1c1ccccc21. The van der Waals surface area contributed by atoms with E-state index in [9.17, 15) is 4.79 Å². The molecule has 1 N–H and O–H groups in total. The van der Waals surface area contributed by atoms with Gasteiger partial charge in [-0.2, -0.15) is 0 Å². The molecule has 1 saturated heterocycles. The van der Waals surface area contributed by atoms with Gasteiger partial charge in [-0.25, -0.2) is 0 Å². The zero-order valence-electron chi connectivity index (χ0n) is 17.7. The van der Waals surface area contributed by atoms with Crippen molar-refractivity contribution in [3.63, 3.8) is 0 Å². The van der Waals surface area contributed by atoms with Gasteiger partial charge in [0.1, 0.15) is 0 Å². The molecule has 4 aromatic carbocycles. The van der Waals surface area contributed by atoms with Gasteiger partial charge >= 0.3 is 0 Å². The number of aromatic nitrogens is 2. The number of carbonyl (C=O) groups is 1. The minimum absolute atomic E-state index is 0. The third-order valence-corrected chi connectivity index (χ3v) is 5.68. The fourth-order valence-electron chi connectivity index (χ4n) is 4.11. The molecule has 0 spiro atoms. The van der Waals surface area contributed by atoms with Crippen LogP contribution in [0, 0.1) is 6.07 Å². The Hall–Kier alpha value is -3.18. The van der Waals surface area contributed by atoms with Crippen LogP contribution in [0.25, 0.3) is 49.2 Å². The minimum Gasteiger partial charge on any atom is -0.650 e. The molecule has 0 saturated carbocycles. The number of hydrogen-bond donors (Lipinski definition) is 1. The summed E-state index contributed by atoms with van der Waals surface area (Å²) in [6, 6.07) is 27.6. The van der Waals surface area contributed by atoms with Crippen LogP contribution in [0.1, 0.15) is 12.8 Å². The molecule has 1 aliphatic heterocycles. The fourth-order valence-corrected chi connectivity index (χ4v) is 4.11. The predicted octanol–water partition coefficient (Wildman–Crippen LogP) is 6.01. The summed E-state index contributed by atoms with van der Waals surface area (Å²) < 4.78 is 0. The molecule has 1 aliphatic rings. The second-order valence-corrected chi connectivity index (χ2v) is 7.73. The van der Waals surface area contributed by atoms with Crippen LogP contribution >= 0.6 is 0 Å². The smallest absolute Gasteiger partial charge is 0.285 e. The van der Waals surface area contributed by atoms with Crippen LogP contribution < -0.4 is 0 Å².